The van der Waals surface area contributed by atoms with Crippen molar-refractivity contribution in [3.63, 3.8) is 0 Å². The third kappa shape index (κ3) is 2.98. The van der Waals surface area contributed by atoms with Gasteiger partial charge in [-0.15, -0.1) is 0 Å². The number of ether oxygens (including phenoxy) is 1. The Balaban J connectivity index is 2.42. The SMILES string of the molecule is CC(=O)OC([I-]P)c1cc(Br)c2oncc2c1. The van der Waals surface area contributed by atoms with Crippen molar-refractivity contribution in [2.75, 3.05) is 0 Å². The van der Waals surface area contributed by atoms with Crippen LogP contribution in [-0.2, 0) is 9.53 Å². The molecule has 1 aromatic heterocycles. The number of rotatable bonds is 3. The molecule has 0 radical (unpaired) electrons. The van der Waals surface area contributed by atoms with E-state index in [1.165, 1.54) is 6.92 Å². The molecule has 0 amide bonds. The molecular formula is C10H9BrINO3P-. The molecule has 1 aromatic carbocycles. The van der Waals surface area contributed by atoms with Crippen molar-refractivity contribution in [3.05, 3.63) is 28.4 Å². The van der Waals surface area contributed by atoms with E-state index >= 15 is 0 Å². The van der Waals surface area contributed by atoms with E-state index in [2.05, 4.69) is 28.0 Å². The first kappa shape index (κ1) is 13.2. The van der Waals surface area contributed by atoms with Gasteiger partial charge in [0, 0.05) is 0 Å². The minimum absolute atomic E-state index is 0.160. The van der Waals surface area contributed by atoms with E-state index in [-0.39, 0.29) is 30.7 Å². The number of alkyl halides is 1. The van der Waals surface area contributed by atoms with Crippen molar-refractivity contribution < 1.29 is 34.7 Å². The van der Waals surface area contributed by atoms with E-state index in [9.17, 15) is 4.79 Å². The van der Waals surface area contributed by atoms with E-state index in [0.717, 1.165) is 15.4 Å². The second-order valence-electron chi connectivity index (χ2n) is 3.30. The Labute approximate surface area is 118 Å². The Bertz CT molecular complexity index is 559. The molecule has 0 N–H and O–H groups in total. The standard InChI is InChI=1S/C10H9BrINO3P/c1-5(14)15-10(12-17)6-2-7-4-13-16-9(7)8(11)3-6/h2-4,10H,17H2,1H3/q-1. The molecule has 92 valence electrons. The van der Waals surface area contributed by atoms with Crippen LogP contribution in [0.25, 0.3) is 11.0 Å². The zero-order chi connectivity index (χ0) is 12.4. The van der Waals surface area contributed by atoms with Gasteiger partial charge in [-0.25, -0.2) is 0 Å². The van der Waals surface area contributed by atoms with Crippen LogP contribution >= 0.6 is 22.8 Å². The summed E-state index contributed by atoms with van der Waals surface area (Å²) in [5.74, 6) is -0.265. The number of aromatic nitrogens is 1. The summed E-state index contributed by atoms with van der Waals surface area (Å²) in [5.41, 5.74) is 1.67. The number of nitrogens with zero attached hydrogens (tertiary/aromatic N) is 1. The van der Waals surface area contributed by atoms with Gasteiger partial charge in [0.1, 0.15) is 0 Å². The number of carbonyl (C=O) groups is 1. The van der Waals surface area contributed by atoms with Gasteiger partial charge in [-0.2, -0.15) is 0 Å². The zero-order valence-electron chi connectivity index (χ0n) is 8.81. The van der Waals surface area contributed by atoms with E-state index in [4.69, 9.17) is 9.26 Å². The fourth-order valence-electron chi connectivity index (χ4n) is 1.41. The molecule has 0 aliphatic carbocycles. The maximum absolute atomic E-state index is 11.0. The maximum atomic E-state index is 11.0. The molecule has 0 aliphatic rings. The monoisotopic (exact) mass is 428 g/mol. The third-order valence-corrected chi connectivity index (χ3v) is 5.83. The van der Waals surface area contributed by atoms with Gasteiger partial charge in [0.15, 0.2) is 0 Å². The van der Waals surface area contributed by atoms with Crippen LogP contribution in [0.3, 0.4) is 0 Å². The van der Waals surface area contributed by atoms with Gasteiger partial charge in [-0.3, -0.25) is 0 Å². The molecule has 2 unspecified atom stereocenters. The predicted molar refractivity (Wildman–Crippen MR) is 65.9 cm³/mol. The van der Waals surface area contributed by atoms with E-state index < -0.39 is 0 Å². The number of fused-ring (bicyclic) bond motifs is 1. The zero-order valence-corrected chi connectivity index (χ0v) is 13.7. The topological polar surface area (TPSA) is 52.3 Å². The molecule has 2 atom stereocenters. The van der Waals surface area contributed by atoms with Gasteiger partial charge in [0.25, 0.3) is 0 Å². The summed E-state index contributed by atoms with van der Waals surface area (Å²) in [7, 11) is 0. The van der Waals surface area contributed by atoms with Crippen LogP contribution in [0.15, 0.2) is 27.3 Å². The van der Waals surface area contributed by atoms with Crippen molar-refractivity contribution in [1.82, 2.24) is 5.16 Å². The van der Waals surface area contributed by atoms with E-state index in [1.807, 2.05) is 12.1 Å². The second kappa shape index (κ2) is 5.63. The summed E-state index contributed by atoms with van der Waals surface area (Å²) in [6.45, 7) is 4.11. The molecular weight excluding hydrogens is 420 g/mol. The molecule has 0 aliphatic heterocycles. The van der Waals surface area contributed by atoms with Gasteiger partial charge in [-0.1, -0.05) is 0 Å². The molecule has 0 saturated heterocycles. The first-order chi connectivity index (χ1) is 8.11. The molecule has 0 bridgehead atoms. The van der Waals surface area contributed by atoms with Crippen molar-refractivity contribution in [1.29, 1.82) is 0 Å². The average molecular weight is 429 g/mol. The quantitative estimate of drug-likeness (QED) is 0.299. The number of hydrogen-bond donors (Lipinski definition) is 0. The Morgan fingerprint density at radius 2 is 2.41 bits per heavy atom. The molecule has 2 rings (SSSR count). The normalized spacial score (nSPS) is 12.9. The second-order valence-corrected chi connectivity index (χ2v) is 7.69. The van der Waals surface area contributed by atoms with Crippen LogP contribution in [0.1, 0.15) is 16.6 Å². The van der Waals surface area contributed by atoms with Gasteiger partial charge in [0.2, 0.25) is 0 Å². The number of benzene rings is 1. The molecule has 4 nitrogen and oxygen atoms in total. The van der Waals surface area contributed by atoms with Crippen LogP contribution in [0.5, 0.6) is 0 Å². The van der Waals surface area contributed by atoms with Crippen molar-refractivity contribution in [3.8, 4) is 0 Å². The average Bonchev–Trinajstić information content (AvgIpc) is 2.74. The Morgan fingerprint density at radius 3 is 3.06 bits per heavy atom. The molecule has 0 spiro atoms. The first-order valence-electron chi connectivity index (χ1n) is 4.65. The summed E-state index contributed by atoms with van der Waals surface area (Å²) >= 11 is 3.10. The summed E-state index contributed by atoms with van der Waals surface area (Å²) in [6, 6.07) is 3.85. The summed E-state index contributed by atoms with van der Waals surface area (Å²) in [5, 5.41) is 4.64. The van der Waals surface area contributed by atoms with Crippen LogP contribution in [0, 0.1) is 0 Å². The van der Waals surface area contributed by atoms with Gasteiger partial charge >= 0.3 is 119 Å². The fourth-order valence-corrected chi connectivity index (χ4v) is 4.57. The van der Waals surface area contributed by atoms with Crippen LogP contribution in [0.2, 0.25) is 0 Å². The van der Waals surface area contributed by atoms with Crippen molar-refractivity contribution >= 4 is 39.8 Å². The Hall–Kier alpha value is -0.200. The number of carbonyl (C=O) groups excluding carboxylic acids is 1. The van der Waals surface area contributed by atoms with Gasteiger partial charge < -0.3 is 0 Å². The number of esters is 1. The molecule has 17 heavy (non-hydrogen) atoms. The molecule has 2 aromatic rings. The Kier molecular flexibility index (Phi) is 4.38. The molecule has 0 fully saturated rings. The van der Waals surface area contributed by atoms with E-state index in [1.54, 1.807) is 6.20 Å². The van der Waals surface area contributed by atoms with Gasteiger partial charge in [0.05, 0.1) is 0 Å². The van der Waals surface area contributed by atoms with Crippen LogP contribution in [0.4, 0.5) is 0 Å². The van der Waals surface area contributed by atoms with Crippen molar-refractivity contribution in [2.24, 2.45) is 0 Å². The molecule has 0 saturated carbocycles. The van der Waals surface area contributed by atoms with Crippen molar-refractivity contribution in [2.45, 2.75) is 11.0 Å². The summed E-state index contributed by atoms with van der Waals surface area (Å²) < 4.78 is 11.0. The number of hydrogen-bond acceptors (Lipinski definition) is 4. The fraction of sp³-hybridized carbons (Fsp3) is 0.200. The van der Waals surface area contributed by atoms with Gasteiger partial charge in [-0.05, 0) is 0 Å². The van der Waals surface area contributed by atoms with Crippen LogP contribution < -0.4 is 20.7 Å². The Morgan fingerprint density at radius 1 is 1.65 bits per heavy atom. The predicted octanol–water partition coefficient (Wildman–Crippen LogP) is 0.0311. The third-order valence-electron chi connectivity index (χ3n) is 2.08. The minimum atomic E-state index is -0.324. The molecule has 1 heterocycles. The summed E-state index contributed by atoms with van der Waals surface area (Å²) in [6.07, 6.45) is 1.65. The summed E-state index contributed by atoms with van der Waals surface area (Å²) in [4.78, 5) is 11.0. The number of halogens is 2. The van der Waals surface area contributed by atoms with E-state index in [0.29, 0.717) is 5.58 Å². The molecule has 7 heteroatoms. The van der Waals surface area contributed by atoms with Crippen LogP contribution in [-0.4, -0.2) is 11.1 Å². The first-order valence-corrected chi connectivity index (χ1v) is 10.9.